The Labute approximate surface area is 95.0 Å². The second kappa shape index (κ2) is 9.47. The Morgan fingerprint density at radius 1 is 1.64 bits per heavy atom. The van der Waals surface area contributed by atoms with Crippen LogP contribution in [0, 0.1) is 7.05 Å². The Kier molecular flexibility index (Phi) is 13.2. The average molecular weight is 310 g/mol. The number of hydrogen-bond donors (Lipinski definition) is 2. The van der Waals surface area contributed by atoms with Crippen molar-refractivity contribution >= 4 is 5.97 Å². The predicted molar refractivity (Wildman–Crippen MR) is 34.9 cm³/mol. The SMILES string of the molecule is CC(O)C(=O)[O-].[Ag+].[CH2-][NH2+]CC(F)(F)F. The molecule has 8 heteroatoms. The Hall–Kier alpha value is -0.0797. The minimum Gasteiger partial charge on any atom is -0.547 e. The third-order valence-corrected chi connectivity index (χ3v) is 0.717. The first-order valence-electron chi connectivity index (χ1n) is 3.27. The van der Waals surface area contributed by atoms with Gasteiger partial charge in [0.05, 0.1) is 12.1 Å². The largest absolute Gasteiger partial charge is 1.00 e. The van der Waals surface area contributed by atoms with E-state index in [-0.39, 0.29) is 22.4 Å². The monoisotopic (exact) mass is 309 g/mol. The maximum atomic E-state index is 11.0. The van der Waals surface area contributed by atoms with Gasteiger partial charge < -0.3 is 20.3 Å². The van der Waals surface area contributed by atoms with Gasteiger partial charge in [-0.3, -0.25) is 0 Å². The van der Waals surface area contributed by atoms with Crippen LogP contribution in [-0.4, -0.2) is 29.9 Å². The summed E-state index contributed by atoms with van der Waals surface area (Å²) >= 11 is 0. The summed E-state index contributed by atoms with van der Waals surface area (Å²) in [7, 11) is 2.93. The molecule has 0 aromatic rings. The number of quaternary nitrogens is 1. The van der Waals surface area contributed by atoms with Gasteiger partial charge in [0.15, 0.2) is 0 Å². The number of alkyl halides is 3. The van der Waals surface area contributed by atoms with E-state index in [9.17, 15) is 23.1 Å². The van der Waals surface area contributed by atoms with Crippen LogP contribution >= 0.6 is 0 Å². The fourth-order valence-corrected chi connectivity index (χ4v) is 0.164. The second-order valence-corrected chi connectivity index (χ2v) is 2.10. The zero-order valence-electron chi connectivity index (χ0n) is 7.27. The molecule has 1 atom stereocenters. The van der Waals surface area contributed by atoms with E-state index in [1.54, 1.807) is 0 Å². The van der Waals surface area contributed by atoms with Crippen LogP contribution in [0.1, 0.15) is 6.92 Å². The minimum absolute atomic E-state index is 0. The summed E-state index contributed by atoms with van der Waals surface area (Å²) in [4.78, 5) is 9.34. The van der Waals surface area contributed by atoms with Gasteiger partial charge in [-0.15, -0.1) is 0 Å². The number of hydrogen-bond acceptors (Lipinski definition) is 3. The van der Waals surface area contributed by atoms with E-state index in [1.807, 2.05) is 0 Å². The van der Waals surface area contributed by atoms with E-state index in [0.29, 0.717) is 0 Å². The Balaban J connectivity index is -0.000000163. The maximum Gasteiger partial charge on any atom is 1.00 e. The fourth-order valence-electron chi connectivity index (χ4n) is 0.164. The number of halogens is 3. The van der Waals surface area contributed by atoms with Crippen molar-refractivity contribution in [3.8, 4) is 0 Å². The average Bonchev–Trinajstić information content (AvgIpc) is 1.85. The number of carboxylic acid groups (broad SMARTS) is 1. The molecule has 0 heterocycles. The summed E-state index contributed by atoms with van der Waals surface area (Å²) in [5.74, 6) is -1.44. The molecule has 0 radical (unpaired) electrons. The van der Waals surface area contributed by atoms with Gasteiger partial charge in [0.2, 0.25) is 0 Å². The van der Waals surface area contributed by atoms with Gasteiger partial charge in [-0.25, -0.2) is 0 Å². The fraction of sp³-hybridized carbons (Fsp3) is 0.667. The molecule has 1 unspecified atom stereocenters. The Morgan fingerprint density at radius 3 is 1.93 bits per heavy atom. The van der Waals surface area contributed by atoms with Gasteiger partial charge in [0.25, 0.3) is 0 Å². The predicted octanol–water partition coefficient (Wildman–Crippen LogP) is -1.98. The topological polar surface area (TPSA) is 77.0 Å². The molecular formula is C6H11AgF3NO3. The second-order valence-electron chi connectivity index (χ2n) is 2.10. The van der Waals surface area contributed by atoms with Crippen molar-refractivity contribution in [2.45, 2.75) is 19.2 Å². The van der Waals surface area contributed by atoms with Gasteiger partial charge in [-0.2, -0.15) is 20.2 Å². The Morgan fingerprint density at radius 2 is 1.93 bits per heavy atom. The van der Waals surface area contributed by atoms with Crippen molar-refractivity contribution in [1.29, 1.82) is 0 Å². The van der Waals surface area contributed by atoms with Gasteiger partial charge in [0, 0.05) is 0 Å². The van der Waals surface area contributed by atoms with Crippen LogP contribution in [-0.2, 0) is 27.2 Å². The molecule has 0 aromatic carbocycles. The Bertz CT molecular complexity index is 152. The summed E-state index contributed by atoms with van der Waals surface area (Å²) in [6.07, 6.45) is -5.41. The summed E-state index contributed by atoms with van der Waals surface area (Å²) in [5, 5.41) is 18.1. The number of carboxylic acids is 1. The first-order chi connectivity index (χ1) is 5.70. The molecule has 3 N–H and O–H groups in total. The first kappa shape index (κ1) is 19.5. The molecule has 0 aliphatic rings. The van der Waals surface area contributed by atoms with E-state index < -0.39 is 24.8 Å². The van der Waals surface area contributed by atoms with Crippen molar-refractivity contribution < 1.29 is 55.9 Å². The summed E-state index contributed by atoms with van der Waals surface area (Å²) in [6, 6.07) is 0. The molecule has 0 aliphatic carbocycles. The molecule has 0 saturated heterocycles. The number of aliphatic carboxylic acids is 1. The third-order valence-electron chi connectivity index (χ3n) is 0.717. The van der Waals surface area contributed by atoms with E-state index in [1.165, 1.54) is 0 Å². The number of carbonyl (C=O) groups excluding carboxylic acids is 1. The van der Waals surface area contributed by atoms with Gasteiger partial charge >= 0.3 is 28.6 Å². The molecule has 14 heavy (non-hydrogen) atoms. The number of rotatable bonds is 2. The molecule has 0 aromatic heterocycles. The van der Waals surface area contributed by atoms with E-state index >= 15 is 0 Å². The molecule has 0 rings (SSSR count). The summed E-state index contributed by atoms with van der Waals surface area (Å²) < 4.78 is 33.0. The molecular weight excluding hydrogens is 299 g/mol. The van der Waals surface area contributed by atoms with E-state index in [4.69, 9.17) is 5.11 Å². The van der Waals surface area contributed by atoms with Crippen molar-refractivity contribution in [2.24, 2.45) is 0 Å². The third kappa shape index (κ3) is 22.7. The van der Waals surface area contributed by atoms with Crippen LogP contribution in [0.5, 0.6) is 0 Å². The summed E-state index contributed by atoms with van der Waals surface area (Å²) in [6.45, 7) is 0.238. The molecule has 4 nitrogen and oxygen atoms in total. The van der Waals surface area contributed by atoms with Crippen LogP contribution in [0.15, 0.2) is 0 Å². The smallest absolute Gasteiger partial charge is 0.547 e. The minimum atomic E-state index is -4.07. The van der Waals surface area contributed by atoms with Gasteiger partial charge in [-0.1, -0.05) is 0 Å². The molecule has 0 bridgehead atoms. The van der Waals surface area contributed by atoms with Crippen LogP contribution in [0.4, 0.5) is 13.2 Å². The number of aliphatic hydroxyl groups is 1. The quantitative estimate of drug-likeness (QED) is 0.458. The molecule has 0 amide bonds. The maximum absolute atomic E-state index is 11.0. The van der Waals surface area contributed by atoms with Gasteiger partial charge in [-0.05, 0) is 6.92 Å². The van der Waals surface area contributed by atoms with Crippen molar-refractivity contribution in [1.82, 2.24) is 0 Å². The first-order valence-corrected chi connectivity index (χ1v) is 3.27. The number of nitrogens with two attached hydrogens (primary N) is 1. The van der Waals surface area contributed by atoms with Crippen molar-refractivity contribution in [2.75, 3.05) is 6.54 Å². The van der Waals surface area contributed by atoms with Crippen molar-refractivity contribution in [3.05, 3.63) is 7.05 Å². The van der Waals surface area contributed by atoms with Crippen LogP contribution in [0.2, 0.25) is 0 Å². The summed E-state index contributed by atoms with van der Waals surface area (Å²) in [5.41, 5.74) is 0. The molecule has 0 saturated carbocycles. The number of aliphatic hydroxyl groups excluding tert-OH is 1. The molecule has 0 aliphatic heterocycles. The van der Waals surface area contributed by atoms with Crippen LogP contribution < -0.4 is 10.4 Å². The van der Waals surface area contributed by atoms with E-state index in [2.05, 4.69) is 7.05 Å². The van der Waals surface area contributed by atoms with Crippen LogP contribution in [0.25, 0.3) is 0 Å². The molecule has 0 spiro atoms. The zero-order valence-corrected chi connectivity index (χ0v) is 8.75. The zero-order chi connectivity index (χ0) is 11.1. The van der Waals surface area contributed by atoms with Crippen LogP contribution in [0.3, 0.4) is 0 Å². The standard InChI is InChI=1S/C3H6F3N.C3H6O3.Ag/c1-7-2-3(4,5)6;1-2(4)3(5)6;/h1-2,7H2;2,4H,1H3,(H,5,6);/q;;+1/p-1. The van der Waals surface area contributed by atoms with E-state index in [0.717, 1.165) is 12.2 Å². The van der Waals surface area contributed by atoms with Crippen molar-refractivity contribution in [3.63, 3.8) is 0 Å². The van der Waals surface area contributed by atoms with Gasteiger partial charge in [0.1, 0.15) is 6.54 Å². The normalized spacial score (nSPS) is 11.9. The number of carbonyl (C=O) groups is 1. The molecule has 90 valence electrons. The molecule has 0 fully saturated rings.